The molecule has 3 rings (SSSR count). The van der Waals surface area contributed by atoms with Crippen LogP contribution in [0.15, 0.2) is 29.2 Å². The molecule has 138 valence electrons. The van der Waals surface area contributed by atoms with Gasteiger partial charge in [-0.25, -0.2) is 8.42 Å². The second-order valence-corrected chi connectivity index (χ2v) is 8.09. The molecule has 10 heteroatoms. The largest absolute Gasteiger partial charge is 0.573 e. The van der Waals surface area contributed by atoms with E-state index in [0.717, 1.165) is 16.4 Å². The Labute approximate surface area is 143 Å². The summed E-state index contributed by atoms with van der Waals surface area (Å²) in [6.07, 6.45) is -4.29. The molecular weight excluding hydrogens is 361 g/mol. The van der Waals surface area contributed by atoms with E-state index in [1.165, 1.54) is 12.1 Å². The number of likely N-dealkylation sites (tertiary alicyclic amines) is 1. The lowest BCUT2D eigenvalue weighted by Gasteiger charge is -2.36. The molecule has 2 heterocycles. The van der Waals surface area contributed by atoms with Crippen molar-refractivity contribution in [2.24, 2.45) is 5.92 Å². The third-order valence-corrected chi connectivity index (χ3v) is 6.58. The Hall–Kier alpha value is -1.81. The summed E-state index contributed by atoms with van der Waals surface area (Å²) in [5.74, 6) is -0.955. The Balaban J connectivity index is 1.87. The van der Waals surface area contributed by atoms with Crippen molar-refractivity contribution in [1.29, 1.82) is 0 Å². The third-order valence-electron chi connectivity index (χ3n) is 4.68. The standard InChI is InChI=1S/C15H17F3N2O4S/c1-19-11-6-7-20(9-10(11)8-14(19)21)25(22,23)13-5-3-2-4-12(13)24-15(16,17)18/h2-5,10-11H,6-9H2,1H3/t10-,11+/m1/s1. The highest BCUT2D eigenvalue weighted by atomic mass is 32.2. The number of rotatable bonds is 3. The Morgan fingerprint density at radius 1 is 1.24 bits per heavy atom. The maximum atomic E-state index is 12.8. The van der Waals surface area contributed by atoms with Crippen molar-refractivity contribution >= 4 is 15.9 Å². The van der Waals surface area contributed by atoms with Crippen molar-refractivity contribution in [1.82, 2.24) is 9.21 Å². The topological polar surface area (TPSA) is 66.9 Å². The predicted octanol–water partition coefficient (Wildman–Crippen LogP) is 1.83. The molecule has 0 saturated carbocycles. The number of nitrogens with zero attached hydrogens (tertiary/aromatic N) is 2. The number of fused-ring (bicyclic) bond motifs is 1. The van der Waals surface area contributed by atoms with Crippen LogP contribution in [0.25, 0.3) is 0 Å². The van der Waals surface area contributed by atoms with Crippen molar-refractivity contribution in [3.63, 3.8) is 0 Å². The first-order chi connectivity index (χ1) is 11.6. The number of hydrogen-bond donors (Lipinski definition) is 0. The van der Waals surface area contributed by atoms with Crippen LogP contribution in [-0.2, 0) is 14.8 Å². The van der Waals surface area contributed by atoms with Crippen LogP contribution in [0.5, 0.6) is 5.75 Å². The number of carbonyl (C=O) groups is 1. The highest BCUT2D eigenvalue weighted by molar-refractivity contribution is 7.89. The molecular formula is C15H17F3N2O4S. The van der Waals surface area contributed by atoms with Gasteiger partial charge in [-0.15, -0.1) is 13.2 Å². The number of alkyl halides is 3. The van der Waals surface area contributed by atoms with Gasteiger partial charge in [0.05, 0.1) is 0 Å². The number of para-hydroxylation sites is 1. The van der Waals surface area contributed by atoms with Gasteiger partial charge in [-0.2, -0.15) is 4.31 Å². The molecule has 1 aromatic rings. The van der Waals surface area contributed by atoms with Gasteiger partial charge in [-0.1, -0.05) is 12.1 Å². The summed E-state index contributed by atoms with van der Waals surface area (Å²) in [6, 6.07) is 4.65. The van der Waals surface area contributed by atoms with Gasteiger partial charge in [-0.05, 0) is 18.6 Å². The molecule has 2 atom stereocenters. The van der Waals surface area contributed by atoms with Crippen LogP contribution < -0.4 is 4.74 Å². The molecule has 0 unspecified atom stereocenters. The van der Waals surface area contributed by atoms with Gasteiger partial charge in [0.1, 0.15) is 10.6 Å². The highest BCUT2D eigenvalue weighted by Crippen LogP contribution is 2.36. The number of ether oxygens (including phenoxy) is 1. The van der Waals surface area contributed by atoms with E-state index in [1.54, 1.807) is 11.9 Å². The maximum Gasteiger partial charge on any atom is 0.573 e. The minimum Gasteiger partial charge on any atom is -0.404 e. The van der Waals surface area contributed by atoms with E-state index in [2.05, 4.69) is 4.74 Å². The van der Waals surface area contributed by atoms with E-state index in [-0.39, 0.29) is 37.4 Å². The number of sulfonamides is 1. The highest BCUT2D eigenvalue weighted by Gasteiger charge is 2.44. The van der Waals surface area contributed by atoms with E-state index in [0.29, 0.717) is 6.42 Å². The summed E-state index contributed by atoms with van der Waals surface area (Å²) >= 11 is 0. The summed E-state index contributed by atoms with van der Waals surface area (Å²) in [4.78, 5) is 12.9. The average Bonchev–Trinajstić information content (AvgIpc) is 2.80. The van der Waals surface area contributed by atoms with Crippen LogP contribution in [0.2, 0.25) is 0 Å². The maximum absolute atomic E-state index is 12.8. The molecule has 0 radical (unpaired) electrons. The Kier molecular flexibility index (Phi) is 4.44. The van der Waals surface area contributed by atoms with E-state index < -0.39 is 27.0 Å². The average molecular weight is 378 g/mol. The van der Waals surface area contributed by atoms with Crippen LogP contribution in [0.3, 0.4) is 0 Å². The first-order valence-electron chi connectivity index (χ1n) is 7.70. The zero-order valence-electron chi connectivity index (χ0n) is 13.4. The Morgan fingerprint density at radius 3 is 2.60 bits per heavy atom. The zero-order chi connectivity index (χ0) is 18.4. The fourth-order valence-corrected chi connectivity index (χ4v) is 5.11. The van der Waals surface area contributed by atoms with Crippen LogP contribution in [-0.4, -0.2) is 56.1 Å². The number of hydrogen-bond acceptors (Lipinski definition) is 4. The smallest absolute Gasteiger partial charge is 0.404 e. The monoisotopic (exact) mass is 378 g/mol. The number of piperidine rings is 1. The van der Waals surface area contributed by atoms with E-state index in [9.17, 15) is 26.4 Å². The third kappa shape index (κ3) is 3.45. The molecule has 0 aromatic heterocycles. The van der Waals surface area contributed by atoms with Crippen LogP contribution >= 0.6 is 0 Å². The van der Waals surface area contributed by atoms with Gasteiger partial charge in [-0.3, -0.25) is 4.79 Å². The molecule has 0 bridgehead atoms. The zero-order valence-corrected chi connectivity index (χ0v) is 14.2. The summed E-state index contributed by atoms with van der Waals surface area (Å²) < 4.78 is 68.3. The lowest BCUT2D eigenvalue weighted by Crippen LogP contribution is -2.47. The SMILES string of the molecule is CN1C(=O)C[C@@H]2CN(S(=O)(=O)c3ccccc3OC(F)(F)F)CC[C@@H]21. The second kappa shape index (κ2) is 6.17. The summed E-state index contributed by atoms with van der Waals surface area (Å²) in [5.41, 5.74) is 0. The predicted molar refractivity (Wildman–Crippen MR) is 81.2 cm³/mol. The van der Waals surface area contributed by atoms with E-state index in [1.807, 2.05) is 0 Å². The lowest BCUT2D eigenvalue weighted by molar-refractivity contribution is -0.275. The number of amides is 1. The van der Waals surface area contributed by atoms with Gasteiger partial charge in [0.25, 0.3) is 0 Å². The molecule has 2 aliphatic heterocycles. The molecule has 1 aromatic carbocycles. The molecule has 0 spiro atoms. The lowest BCUT2D eigenvalue weighted by atomic mass is 9.94. The first kappa shape index (κ1) is 18.0. The fourth-order valence-electron chi connectivity index (χ4n) is 3.48. The van der Waals surface area contributed by atoms with E-state index >= 15 is 0 Å². The minimum absolute atomic E-state index is 0.0272. The van der Waals surface area contributed by atoms with Crippen LogP contribution in [0.1, 0.15) is 12.8 Å². The van der Waals surface area contributed by atoms with Crippen molar-refractivity contribution in [3.8, 4) is 5.75 Å². The quantitative estimate of drug-likeness (QED) is 0.805. The van der Waals surface area contributed by atoms with Crippen molar-refractivity contribution < 1.29 is 31.1 Å². The molecule has 2 aliphatic rings. The number of benzene rings is 1. The van der Waals surface area contributed by atoms with Crippen LogP contribution in [0.4, 0.5) is 13.2 Å². The Bertz CT molecular complexity index is 781. The van der Waals surface area contributed by atoms with Gasteiger partial charge >= 0.3 is 6.36 Å². The van der Waals surface area contributed by atoms with Crippen molar-refractivity contribution in [2.45, 2.75) is 30.1 Å². The Morgan fingerprint density at radius 2 is 1.92 bits per heavy atom. The van der Waals surface area contributed by atoms with Gasteiger partial charge in [0.15, 0.2) is 0 Å². The fraction of sp³-hybridized carbons (Fsp3) is 0.533. The molecule has 2 saturated heterocycles. The normalized spacial score (nSPS) is 25.1. The van der Waals surface area contributed by atoms with Gasteiger partial charge in [0.2, 0.25) is 15.9 Å². The van der Waals surface area contributed by atoms with E-state index in [4.69, 9.17) is 0 Å². The molecule has 6 nitrogen and oxygen atoms in total. The van der Waals surface area contributed by atoms with Gasteiger partial charge in [0, 0.05) is 38.5 Å². The molecule has 25 heavy (non-hydrogen) atoms. The first-order valence-corrected chi connectivity index (χ1v) is 9.14. The number of carbonyl (C=O) groups excluding carboxylic acids is 1. The summed E-state index contributed by atoms with van der Waals surface area (Å²) in [7, 11) is -2.48. The summed E-state index contributed by atoms with van der Waals surface area (Å²) in [6.45, 7) is 0.241. The molecule has 2 fully saturated rings. The molecule has 0 N–H and O–H groups in total. The van der Waals surface area contributed by atoms with Gasteiger partial charge < -0.3 is 9.64 Å². The second-order valence-electron chi connectivity index (χ2n) is 6.18. The molecule has 0 aliphatic carbocycles. The van der Waals surface area contributed by atoms with Crippen LogP contribution in [0, 0.1) is 5.92 Å². The number of halogens is 3. The van der Waals surface area contributed by atoms with Crippen molar-refractivity contribution in [2.75, 3.05) is 20.1 Å². The molecule has 1 amide bonds. The minimum atomic E-state index is -4.99. The van der Waals surface area contributed by atoms with Crippen molar-refractivity contribution in [3.05, 3.63) is 24.3 Å². The summed E-state index contributed by atoms with van der Waals surface area (Å²) in [5, 5.41) is 0.